The minimum absolute atomic E-state index is 0.594. The van der Waals surface area contributed by atoms with E-state index in [-0.39, 0.29) is 0 Å². The van der Waals surface area contributed by atoms with Crippen molar-refractivity contribution < 1.29 is 0 Å². The number of nitrogens with two attached hydrogens (primary N) is 2. The molecule has 0 saturated heterocycles. The number of imidazole rings is 2. The van der Waals surface area contributed by atoms with Crippen LogP contribution in [-0.4, -0.2) is 44.1 Å². The second-order valence-electron chi connectivity index (χ2n) is 8.24. The molecule has 0 aliphatic heterocycles. The largest absolute Gasteiger partial charge is 0.369 e. The van der Waals surface area contributed by atoms with E-state index in [9.17, 15) is 0 Å². The van der Waals surface area contributed by atoms with Crippen molar-refractivity contribution in [2.24, 2.45) is 0 Å². The first kappa shape index (κ1) is 20.2. The third kappa shape index (κ3) is 4.11. The van der Waals surface area contributed by atoms with Gasteiger partial charge >= 0.3 is 0 Å². The number of hydrogen-bond donors (Lipinski definition) is 2. The molecule has 0 saturated carbocycles. The van der Waals surface area contributed by atoms with E-state index in [0.717, 1.165) is 61.1 Å². The summed E-state index contributed by atoms with van der Waals surface area (Å²) in [5.74, 6) is 1.19. The maximum absolute atomic E-state index is 6.14. The van der Waals surface area contributed by atoms with Gasteiger partial charge in [0.05, 0.1) is 22.1 Å². The van der Waals surface area contributed by atoms with Gasteiger partial charge in [-0.15, -0.1) is 0 Å². The molecule has 4 rings (SSSR count). The molecule has 7 nitrogen and oxygen atoms in total. The van der Waals surface area contributed by atoms with Crippen molar-refractivity contribution in [1.82, 2.24) is 24.0 Å². The summed E-state index contributed by atoms with van der Waals surface area (Å²) in [4.78, 5) is 11.3. The maximum Gasteiger partial charge on any atom is 0.201 e. The van der Waals surface area contributed by atoms with Gasteiger partial charge in [0.1, 0.15) is 0 Å². The molecule has 0 amide bonds. The van der Waals surface area contributed by atoms with Crippen molar-refractivity contribution in [3.63, 3.8) is 0 Å². The van der Waals surface area contributed by atoms with E-state index in [1.807, 2.05) is 12.1 Å². The van der Waals surface area contributed by atoms with Crippen LogP contribution in [0.3, 0.4) is 0 Å². The Morgan fingerprint density at radius 2 is 1.20 bits per heavy atom. The lowest BCUT2D eigenvalue weighted by Crippen LogP contribution is -2.23. The summed E-state index contributed by atoms with van der Waals surface area (Å²) in [5, 5.41) is 0. The first-order valence-corrected chi connectivity index (χ1v) is 10.6. The molecule has 4 aromatic rings. The molecule has 2 heterocycles. The summed E-state index contributed by atoms with van der Waals surface area (Å²) in [5.41, 5.74) is 18.9. The number of anilines is 2. The van der Waals surface area contributed by atoms with Gasteiger partial charge < -0.3 is 25.5 Å². The number of hydrogen-bond acceptors (Lipinski definition) is 5. The lowest BCUT2D eigenvalue weighted by molar-refractivity contribution is 0.312. The number of benzene rings is 2. The Bertz CT molecular complexity index is 1080. The lowest BCUT2D eigenvalue weighted by Gasteiger charge is -2.17. The van der Waals surface area contributed by atoms with Gasteiger partial charge in [-0.05, 0) is 82.2 Å². The fourth-order valence-corrected chi connectivity index (χ4v) is 4.08. The number of aromatic nitrogens is 4. The van der Waals surface area contributed by atoms with Crippen LogP contribution in [0.4, 0.5) is 11.9 Å². The zero-order valence-electron chi connectivity index (χ0n) is 18.1. The Hall–Kier alpha value is -3.06. The van der Waals surface area contributed by atoms with Crippen molar-refractivity contribution in [1.29, 1.82) is 0 Å². The van der Waals surface area contributed by atoms with Gasteiger partial charge in [-0.3, -0.25) is 0 Å². The molecular formula is C23H31N7. The zero-order valence-corrected chi connectivity index (χ0v) is 18.1. The zero-order chi connectivity index (χ0) is 21.3. The Morgan fingerprint density at radius 1 is 0.767 bits per heavy atom. The SMILES string of the molecule is Cc1ccc2nc(N)n(CCCN(C)CCCn3c(N)nc4ccc(C)cc43)c2c1. The predicted molar refractivity (Wildman–Crippen MR) is 124 cm³/mol. The minimum Gasteiger partial charge on any atom is -0.369 e. The van der Waals surface area contributed by atoms with Gasteiger partial charge in [0.15, 0.2) is 0 Å². The quantitative estimate of drug-likeness (QED) is 0.468. The van der Waals surface area contributed by atoms with Crippen LogP contribution in [0.5, 0.6) is 0 Å². The fraction of sp³-hybridized carbons (Fsp3) is 0.391. The minimum atomic E-state index is 0.594. The van der Waals surface area contributed by atoms with Crippen LogP contribution in [0.2, 0.25) is 0 Å². The highest BCUT2D eigenvalue weighted by molar-refractivity contribution is 5.79. The molecule has 0 radical (unpaired) electrons. The Kier molecular flexibility index (Phi) is 5.63. The van der Waals surface area contributed by atoms with E-state index in [2.05, 4.69) is 69.2 Å². The van der Waals surface area contributed by atoms with Crippen molar-refractivity contribution in [3.8, 4) is 0 Å². The molecule has 0 aliphatic rings. The van der Waals surface area contributed by atoms with Crippen LogP contribution >= 0.6 is 0 Å². The summed E-state index contributed by atoms with van der Waals surface area (Å²) < 4.78 is 4.24. The highest BCUT2D eigenvalue weighted by Crippen LogP contribution is 2.21. The maximum atomic E-state index is 6.14. The molecule has 0 bridgehead atoms. The molecule has 7 heteroatoms. The average Bonchev–Trinajstić information content (AvgIpc) is 3.18. The van der Waals surface area contributed by atoms with Crippen LogP contribution in [0.25, 0.3) is 22.1 Å². The molecule has 30 heavy (non-hydrogen) atoms. The van der Waals surface area contributed by atoms with Crippen LogP contribution in [0.15, 0.2) is 36.4 Å². The molecule has 0 fully saturated rings. The van der Waals surface area contributed by atoms with E-state index >= 15 is 0 Å². The van der Waals surface area contributed by atoms with Crippen LogP contribution < -0.4 is 11.5 Å². The summed E-state index contributed by atoms with van der Waals surface area (Å²) in [6.45, 7) is 7.94. The Morgan fingerprint density at radius 3 is 1.63 bits per heavy atom. The van der Waals surface area contributed by atoms with Gasteiger partial charge in [0, 0.05) is 13.1 Å². The predicted octanol–water partition coefficient (Wildman–Crippen LogP) is 3.58. The Balaban J connectivity index is 1.30. The number of rotatable bonds is 8. The second-order valence-corrected chi connectivity index (χ2v) is 8.24. The summed E-state index contributed by atoms with van der Waals surface area (Å²) in [7, 11) is 2.17. The lowest BCUT2D eigenvalue weighted by atomic mass is 10.2. The van der Waals surface area contributed by atoms with Crippen LogP contribution in [0, 0.1) is 13.8 Å². The van der Waals surface area contributed by atoms with Crippen LogP contribution in [0.1, 0.15) is 24.0 Å². The second kappa shape index (κ2) is 8.36. The highest BCUT2D eigenvalue weighted by atomic mass is 15.2. The molecule has 4 N–H and O–H groups in total. The molecule has 0 aliphatic carbocycles. The van der Waals surface area contributed by atoms with Gasteiger partial charge in [-0.25, -0.2) is 9.97 Å². The standard InChI is InChI=1S/C23H31N7/c1-16-6-8-18-20(14-16)29(22(24)26-18)12-4-10-28(3)11-5-13-30-21-15-17(2)7-9-19(21)27-23(30)25/h6-9,14-15H,4-5,10-13H2,1-3H3,(H2,24,26)(H2,25,27). The molecule has 2 aromatic carbocycles. The first-order chi connectivity index (χ1) is 14.4. The number of aryl methyl sites for hydroxylation is 4. The van der Waals surface area contributed by atoms with Crippen molar-refractivity contribution in [3.05, 3.63) is 47.5 Å². The third-order valence-corrected chi connectivity index (χ3v) is 5.71. The number of nitrogens with zero attached hydrogens (tertiary/aromatic N) is 5. The normalized spacial score (nSPS) is 11.9. The number of fused-ring (bicyclic) bond motifs is 2. The van der Waals surface area contributed by atoms with E-state index in [1.54, 1.807) is 0 Å². The highest BCUT2D eigenvalue weighted by Gasteiger charge is 2.10. The molecule has 0 atom stereocenters. The molecule has 158 valence electrons. The van der Waals surface area contributed by atoms with Crippen molar-refractivity contribution in [2.75, 3.05) is 31.6 Å². The van der Waals surface area contributed by atoms with E-state index in [4.69, 9.17) is 11.5 Å². The molecule has 0 spiro atoms. The molecule has 0 unspecified atom stereocenters. The number of nitrogen functional groups attached to an aromatic ring is 2. The topological polar surface area (TPSA) is 90.9 Å². The average molecular weight is 406 g/mol. The summed E-state index contributed by atoms with van der Waals surface area (Å²) in [6.07, 6.45) is 2.05. The molecule has 2 aromatic heterocycles. The van der Waals surface area contributed by atoms with E-state index < -0.39 is 0 Å². The molecular weight excluding hydrogens is 374 g/mol. The van der Waals surface area contributed by atoms with Crippen molar-refractivity contribution in [2.45, 2.75) is 39.8 Å². The van der Waals surface area contributed by atoms with Gasteiger partial charge in [-0.2, -0.15) is 0 Å². The van der Waals surface area contributed by atoms with E-state index in [0.29, 0.717) is 11.9 Å². The summed E-state index contributed by atoms with van der Waals surface area (Å²) in [6, 6.07) is 12.5. The Labute approximate surface area is 177 Å². The van der Waals surface area contributed by atoms with Gasteiger partial charge in [0.2, 0.25) is 11.9 Å². The van der Waals surface area contributed by atoms with Crippen LogP contribution in [-0.2, 0) is 13.1 Å². The summed E-state index contributed by atoms with van der Waals surface area (Å²) >= 11 is 0. The fourth-order valence-electron chi connectivity index (χ4n) is 4.08. The van der Waals surface area contributed by atoms with Crippen molar-refractivity contribution >= 4 is 34.0 Å². The first-order valence-electron chi connectivity index (χ1n) is 10.6. The van der Waals surface area contributed by atoms with E-state index in [1.165, 1.54) is 11.1 Å². The monoisotopic (exact) mass is 405 g/mol. The smallest absolute Gasteiger partial charge is 0.201 e. The third-order valence-electron chi connectivity index (χ3n) is 5.71. The van der Waals surface area contributed by atoms with Gasteiger partial charge in [0.25, 0.3) is 0 Å². The van der Waals surface area contributed by atoms with Gasteiger partial charge in [-0.1, -0.05) is 12.1 Å².